The van der Waals surface area contributed by atoms with Crippen LogP contribution in [0.1, 0.15) is 38.2 Å². The number of hydrogen-bond acceptors (Lipinski definition) is 3. The zero-order valence-corrected chi connectivity index (χ0v) is 11.0. The van der Waals surface area contributed by atoms with Crippen molar-refractivity contribution in [2.45, 2.75) is 45.2 Å². The third kappa shape index (κ3) is 3.13. The molecular formula is C14H22N2O2. The summed E-state index contributed by atoms with van der Waals surface area (Å²) in [7, 11) is 0. The molecule has 0 aliphatic heterocycles. The quantitative estimate of drug-likeness (QED) is 0.890. The second-order valence-corrected chi connectivity index (χ2v) is 5.11. The predicted octanol–water partition coefficient (Wildman–Crippen LogP) is 2.15. The van der Waals surface area contributed by atoms with E-state index < -0.39 is 0 Å². The minimum Gasteiger partial charge on any atom is -0.472 e. The molecule has 100 valence electrons. The summed E-state index contributed by atoms with van der Waals surface area (Å²) < 4.78 is 5.04. The van der Waals surface area contributed by atoms with Crippen molar-refractivity contribution in [1.29, 1.82) is 0 Å². The molecule has 0 saturated heterocycles. The molecule has 0 radical (unpaired) electrons. The van der Waals surface area contributed by atoms with Gasteiger partial charge < -0.3 is 15.1 Å². The first-order valence-electron chi connectivity index (χ1n) is 6.76. The van der Waals surface area contributed by atoms with Gasteiger partial charge in [-0.2, -0.15) is 0 Å². The van der Waals surface area contributed by atoms with Gasteiger partial charge in [-0.15, -0.1) is 0 Å². The Bertz CT molecular complexity index is 375. The van der Waals surface area contributed by atoms with E-state index in [1.54, 1.807) is 12.5 Å². The number of furan rings is 1. The van der Waals surface area contributed by atoms with Crippen molar-refractivity contribution >= 4 is 5.91 Å². The number of rotatable bonds is 4. The normalized spacial score (nSPS) is 23.9. The van der Waals surface area contributed by atoms with Crippen LogP contribution in [0.3, 0.4) is 0 Å². The van der Waals surface area contributed by atoms with Crippen LogP contribution in [0.4, 0.5) is 0 Å². The SMILES string of the molecule is CCN(Cc1ccoc1)C(=O)[C@H]1CCC[C@@H](N)C1. The molecule has 4 nitrogen and oxygen atoms in total. The van der Waals surface area contributed by atoms with Crippen LogP contribution in [0.2, 0.25) is 0 Å². The molecular weight excluding hydrogens is 228 g/mol. The zero-order chi connectivity index (χ0) is 13.0. The van der Waals surface area contributed by atoms with Gasteiger partial charge in [0.25, 0.3) is 0 Å². The maximum Gasteiger partial charge on any atom is 0.226 e. The fourth-order valence-electron chi connectivity index (χ4n) is 2.66. The van der Waals surface area contributed by atoms with Gasteiger partial charge in [-0.3, -0.25) is 4.79 Å². The van der Waals surface area contributed by atoms with Crippen LogP contribution >= 0.6 is 0 Å². The Morgan fingerprint density at radius 1 is 1.56 bits per heavy atom. The second kappa shape index (κ2) is 6.05. The van der Waals surface area contributed by atoms with Crippen molar-refractivity contribution in [3.63, 3.8) is 0 Å². The lowest BCUT2D eigenvalue weighted by Crippen LogP contribution is -2.40. The largest absolute Gasteiger partial charge is 0.472 e. The van der Waals surface area contributed by atoms with Gasteiger partial charge in [0.15, 0.2) is 0 Å². The second-order valence-electron chi connectivity index (χ2n) is 5.11. The lowest BCUT2D eigenvalue weighted by Gasteiger charge is -2.30. The van der Waals surface area contributed by atoms with Gasteiger partial charge in [-0.25, -0.2) is 0 Å². The maximum atomic E-state index is 12.4. The molecule has 1 saturated carbocycles. The Hall–Kier alpha value is -1.29. The highest BCUT2D eigenvalue weighted by atomic mass is 16.3. The summed E-state index contributed by atoms with van der Waals surface area (Å²) in [5.74, 6) is 0.356. The first kappa shape index (κ1) is 13.1. The van der Waals surface area contributed by atoms with Gasteiger partial charge in [0.2, 0.25) is 5.91 Å². The van der Waals surface area contributed by atoms with E-state index in [0.717, 1.165) is 37.8 Å². The van der Waals surface area contributed by atoms with Gasteiger partial charge in [0.05, 0.1) is 12.5 Å². The van der Waals surface area contributed by atoms with Crippen LogP contribution < -0.4 is 5.73 Å². The molecule has 2 rings (SSSR count). The molecule has 18 heavy (non-hydrogen) atoms. The fraction of sp³-hybridized carbons (Fsp3) is 0.643. The number of carbonyl (C=O) groups is 1. The first-order chi connectivity index (χ1) is 8.70. The topological polar surface area (TPSA) is 59.5 Å². The molecule has 0 spiro atoms. The van der Waals surface area contributed by atoms with Crippen molar-refractivity contribution < 1.29 is 9.21 Å². The molecule has 0 aromatic carbocycles. The molecule has 2 atom stereocenters. The number of nitrogens with zero attached hydrogens (tertiary/aromatic N) is 1. The summed E-state index contributed by atoms with van der Waals surface area (Å²) in [5.41, 5.74) is 7.00. The lowest BCUT2D eigenvalue weighted by molar-refractivity contribution is -0.137. The van der Waals surface area contributed by atoms with Crippen molar-refractivity contribution in [3.8, 4) is 0 Å². The predicted molar refractivity (Wildman–Crippen MR) is 69.7 cm³/mol. The highest BCUT2D eigenvalue weighted by Gasteiger charge is 2.28. The number of hydrogen-bond donors (Lipinski definition) is 1. The van der Waals surface area contributed by atoms with E-state index in [4.69, 9.17) is 10.2 Å². The van der Waals surface area contributed by atoms with Crippen molar-refractivity contribution in [1.82, 2.24) is 4.90 Å². The van der Waals surface area contributed by atoms with E-state index in [1.807, 2.05) is 17.9 Å². The maximum absolute atomic E-state index is 12.4. The van der Waals surface area contributed by atoms with Gasteiger partial charge in [-0.1, -0.05) is 6.42 Å². The van der Waals surface area contributed by atoms with E-state index in [2.05, 4.69) is 0 Å². The van der Waals surface area contributed by atoms with E-state index in [-0.39, 0.29) is 17.9 Å². The van der Waals surface area contributed by atoms with E-state index in [0.29, 0.717) is 6.54 Å². The number of carbonyl (C=O) groups excluding carboxylic acids is 1. The molecule has 2 N–H and O–H groups in total. The average Bonchev–Trinajstić information content (AvgIpc) is 2.88. The van der Waals surface area contributed by atoms with Gasteiger partial charge in [-0.05, 0) is 32.3 Å². The van der Waals surface area contributed by atoms with Crippen LogP contribution in [0.15, 0.2) is 23.0 Å². The molecule has 4 heteroatoms. The van der Waals surface area contributed by atoms with Gasteiger partial charge in [0, 0.05) is 30.6 Å². The number of amides is 1. The zero-order valence-electron chi connectivity index (χ0n) is 11.0. The lowest BCUT2D eigenvalue weighted by atomic mass is 9.85. The average molecular weight is 250 g/mol. The smallest absolute Gasteiger partial charge is 0.226 e. The van der Waals surface area contributed by atoms with Crippen LogP contribution in [-0.2, 0) is 11.3 Å². The van der Waals surface area contributed by atoms with Crippen LogP contribution in [-0.4, -0.2) is 23.4 Å². The molecule has 1 aliphatic rings. The van der Waals surface area contributed by atoms with E-state index in [9.17, 15) is 4.79 Å². The molecule has 1 amide bonds. The van der Waals surface area contributed by atoms with Crippen molar-refractivity contribution in [3.05, 3.63) is 24.2 Å². The molecule has 1 heterocycles. The third-order valence-corrected chi connectivity index (χ3v) is 3.71. The molecule has 1 fully saturated rings. The van der Waals surface area contributed by atoms with Crippen LogP contribution in [0, 0.1) is 5.92 Å². The van der Waals surface area contributed by atoms with Crippen LogP contribution in [0.5, 0.6) is 0 Å². The molecule has 0 bridgehead atoms. The minimum absolute atomic E-state index is 0.112. The Labute approximate surface area is 108 Å². The van der Waals surface area contributed by atoms with Crippen molar-refractivity contribution in [2.75, 3.05) is 6.54 Å². The Morgan fingerprint density at radius 3 is 3.00 bits per heavy atom. The summed E-state index contributed by atoms with van der Waals surface area (Å²) >= 11 is 0. The monoisotopic (exact) mass is 250 g/mol. The molecule has 1 aromatic rings. The molecule has 1 aliphatic carbocycles. The standard InChI is InChI=1S/C14H22N2O2/c1-2-16(9-11-6-7-18-10-11)14(17)12-4-3-5-13(15)8-12/h6-7,10,12-13H,2-5,8-9,15H2,1H3/t12-,13+/m0/s1. The minimum atomic E-state index is 0.112. The van der Waals surface area contributed by atoms with E-state index in [1.165, 1.54) is 0 Å². The van der Waals surface area contributed by atoms with E-state index >= 15 is 0 Å². The molecule has 0 unspecified atom stereocenters. The van der Waals surface area contributed by atoms with Gasteiger partial charge in [0.1, 0.15) is 0 Å². The summed E-state index contributed by atoms with van der Waals surface area (Å²) in [6.45, 7) is 3.38. The Morgan fingerprint density at radius 2 is 2.39 bits per heavy atom. The van der Waals surface area contributed by atoms with Crippen LogP contribution in [0.25, 0.3) is 0 Å². The third-order valence-electron chi connectivity index (χ3n) is 3.71. The molecule has 1 aromatic heterocycles. The Balaban J connectivity index is 1.96. The van der Waals surface area contributed by atoms with Crippen molar-refractivity contribution in [2.24, 2.45) is 11.7 Å². The highest BCUT2D eigenvalue weighted by molar-refractivity contribution is 5.79. The fourth-order valence-corrected chi connectivity index (χ4v) is 2.66. The Kier molecular flexibility index (Phi) is 4.42. The summed E-state index contributed by atoms with van der Waals surface area (Å²) in [6, 6.07) is 2.10. The highest BCUT2D eigenvalue weighted by Crippen LogP contribution is 2.25. The summed E-state index contributed by atoms with van der Waals surface area (Å²) in [6.07, 6.45) is 7.28. The summed E-state index contributed by atoms with van der Waals surface area (Å²) in [5, 5.41) is 0. The summed E-state index contributed by atoms with van der Waals surface area (Å²) in [4.78, 5) is 14.3. The van der Waals surface area contributed by atoms with Gasteiger partial charge >= 0.3 is 0 Å². The number of nitrogens with two attached hydrogens (primary N) is 1. The first-order valence-corrected chi connectivity index (χ1v) is 6.76.